The summed E-state index contributed by atoms with van der Waals surface area (Å²) in [5.41, 5.74) is 2.68. The summed E-state index contributed by atoms with van der Waals surface area (Å²) >= 11 is 0. The van der Waals surface area contributed by atoms with E-state index >= 15 is 0 Å². The predicted octanol–water partition coefficient (Wildman–Crippen LogP) is 2.98. The van der Waals surface area contributed by atoms with Gasteiger partial charge in [0.15, 0.2) is 0 Å². The van der Waals surface area contributed by atoms with Crippen molar-refractivity contribution in [3.63, 3.8) is 0 Å². The third kappa shape index (κ3) is 4.68. The van der Waals surface area contributed by atoms with Crippen LogP contribution in [0, 0.1) is 0 Å². The molecule has 3 nitrogen and oxygen atoms in total. The Morgan fingerprint density at radius 3 is 2.14 bits per heavy atom. The Morgan fingerprint density at radius 1 is 1.05 bits per heavy atom. The normalized spacial score (nSPS) is 18.6. The van der Waals surface area contributed by atoms with Crippen LogP contribution in [0.25, 0.3) is 0 Å². The fourth-order valence-electron chi connectivity index (χ4n) is 2.77. The first-order chi connectivity index (χ1) is 10.1. The first-order valence-corrected chi connectivity index (χ1v) is 10.8. The molecule has 22 heavy (non-hydrogen) atoms. The smallest absolute Gasteiger partial charge is 0.109 e. The monoisotopic (exact) mass is 322 g/mol. The van der Waals surface area contributed by atoms with E-state index in [0.717, 1.165) is 38.0 Å². The third-order valence-corrected chi connectivity index (χ3v) is 5.97. The quantitative estimate of drug-likeness (QED) is 0.799. The van der Waals surface area contributed by atoms with Gasteiger partial charge in [-0.05, 0) is 49.1 Å². The van der Waals surface area contributed by atoms with Crippen LogP contribution in [0.4, 0.5) is 0 Å². The second kappa shape index (κ2) is 6.47. The molecule has 1 aliphatic rings. The summed E-state index contributed by atoms with van der Waals surface area (Å²) in [6, 6.07) is 6.61. The minimum absolute atomic E-state index is 0.0854. The molecule has 4 heteroatoms. The number of likely N-dealkylation sites (N-methyl/N-ethyl adjacent to an activating group) is 1. The molecule has 124 valence electrons. The molecule has 0 aromatic heterocycles. The lowest BCUT2D eigenvalue weighted by Crippen LogP contribution is -2.44. The van der Waals surface area contributed by atoms with Gasteiger partial charge in [0, 0.05) is 38.0 Å². The van der Waals surface area contributed by atoms with E-state index in [4.69, 9.17) is 0 Å². The van der Waals surface area contributed by atoms with E-state index in [2.05, 4.69) is 55.8 Å². The van der Waals surface area contributed by atoms with Gasteiger partial charge < -0.3 is 9.46 Å². The molecule has 0 amide bonds. The Morgan fingerprint density at radius 2 is 1.64 bits per heavy atom. The lowest BCUT2D eigenvalue weighted by molar-refractivity contribution is 0.148. The first kappa shape index (κ1) is 17.7. The lowest BCUT2D eigenvalue weighted by atomic mass is 9.86. The van der Waals surface area contributed by atoms with Crippen molar-refractivity contribution in [1.82, 2.24) is 9.80 Å². The molecule has 0 N–H and O–H groups in total. The Labute approximate surface area is 136 Å². The highest BCUT2D eigenvalue weighted by atomic mass is 31.2. The van der Waals surface area contributed by atoms with Gasteiger partial charge in [0.05, 0.1) is 0 Å². The highest BCUT2D eigenvalue weighted by molar-refractivity contribution is 7.70. The van der Waals surface area contributed by atoms with Crippen LogP contribution in [0.15, 0.2) is 18.2 Å². The molecular formula is C18H31N2OP. The molecule has 1 heterocycles. The molecule has 1 aromatic carbocycles. The SMILES string of the molecule is CN1CCN(Cc2cc(C(C)(C)C)cc(P(C)(C)=O)c2)CC1. The molecule has 0 saturated carbocycles. The molecule has 1 aromatic rings. The van der Waals surface area contributed by atoms with Gasteiger partial charge in [-0.1, -0.05) is 26.8 Å². The molecule has 2 rings (SSSR count). The Kier molecular flexibility index (Phi) is 5.21. The number of rotatable bonds is 3. The lowest BCUT2D eigenvalue weighted by Gasteiger charge is -2.33. The van der Waals surface area contributed by atoms with E-state index in [1.807, 2.05) is 13.3 Å². The van der Waals surface area contributed by atoms with Crippen LogP contribution in [-0.4, -0.2) is 56.4 Å². The Bertz CT molecular complexity index is 563. The van der Waals surface area contributed by atoms with Crippen molar-refractivity contribution < 1.29 is 4.57 Å². The van der Waals surface area contributed by atoms with Gasteiger partial charge in [0.2, 0.25) is 0 Å². The summed E-state index contributed by atoms with van der Waals surface area (Å²) in [6.45, 7) is 15.9. The van der Waals surface area contributed by atoms with Crippen molar-refractivity contribution in [2.24, 2.45) is 0 Å². The predicted molar refractivity (Wildman–Crippen MR) is 97.0 cm³/mol. The summed E-state index contributed by atoms with van der Waals surface area (Å²) in [4.78, 5) is 4.88. The molecule has 0 aliphatic carbocycles. The Balaban J connectivity index is 2.28. The maximum Gasteiger partial charge on any atom is 0.109 e. The zero-order chi connectivity index (χ0) is 16.5. The van der Waals surface area contributed by atoms with E-state index in [-0.39, 0.29) is 5.41 Å². The molecule has 0 radical (unpaired) electrons. The minimum Gasteiger partial charge on any atom is -0.319 e. The summed E-state index contributed by atoms with van der Waals surface area (Å²) < 4.78 is 12.6. The average molecular weight is 322 g/mol. The van der Waals surface area contributed by atoms with E-state index in [1.54, 1.807) is 0 Å². The fraction of sp³-hybridized carbons (Fsp3) is 0.667. The Hall–Kier alpha value is -0.630. The van der Waals surface area contributed by atoms with Crippen LogP contribution in [-0.2, 0) is 16.5 Å². The molecule has 0 atom stereocenters. The van der Waals surface area contributed by atoms with Gasteiger partial charge in [0.25, 0.3) is 0 Å². The van der Waals surface area contributed by atoms with Crippen molar-refractivity contribution in [2.45, 2.75) is 32.7 Å². The molecule has 0 bridgehead atoms. The average Bonchev–Trinajstić information content (AvgIpc) is 2.39. The number of benzene rings is 1. The highest BCUT2D eigenvalue weighted by Crippen LogP contribution is 2.36. The number of hydrogen-bond donors (Lipinski definition) is 0. The third-order valence-electron chi connectivity index (χ3n) is 4.47. The number of piperazine rings is 1. The van der Waals surface area contributed by atoms with Crippen LogP contribution in [0.1, 0.15) is 31.9 Å². The van der Waals surface area contributed by atoms with Crippen LogP contribution in [0.2, 0.25) is 0 Å². The van der Waals surface area contributed by atoms with E-state index < -0.39 is 7.14 Å². The molecule has 1 aliphatic heterocycles. The summed E-state index contributed by atoms with van der Waals surface area (Å²) in [7, 11) is -0.0508. The van der Waals surface area contributed by atoms with Crippen molar-refractivity contribution >= 4 is 12.4 Å². The number of nitrogens with zero attached hydrogens (tertiary/aromatic N) is 2. The largest absolute Gasteiger partial charge is 0.319 e. The van der Waals surface area contributed by atoms with Crippen LogP contribution in [0.3, 0.4) is 0 Å². The van der Waals surface area contributed by atoms with Gasteiger partial charge in [-0.3, -0.25) is 4.90 Å². The second-order valence-electron chi connectivity index (χ2n) is 8.07. The molecular weight excluding hydrogens is 291 g/mol. The molecule has 1 fully saturated rings. The second-order valence-corrected chi connectivity index (χ2v) is 11.3. The van der Waals surface area contributed by atoms with Gasteiger partial charge >= 0.3 is 0 Å². The van der Waals surface area contributed by atoms with E-state index in [0.29, 0.717) is 0 Å². The van der Waals surface area contributed by atoms with Gasteiger partial charge in [-0.15, -0.1) is 0 Å². The van der Waals surface area contributed by atoms with Crippen molar-refractivity contribution in [1.29, 1.82) is 0 Å². The summed E-state index contributed by atoms with van der Waals surface area (Å²) in [6.07, 6.45) is 0. The summed E-state index contributed by atoms with van der Waals surface area (Å²) in [5, 5.41) is 1.02. The molecule has 0 spiro atoms. The first-order valence-electron chi connectivity index (χ1n) is 8.16. The van der Waals surface area contributed by atoms with Crippen LogP contribution in [0.5, 0.6) is 0 Å². The van der Waals surface area contributed by atoms with Gasteiger partial charge in [-0.25, -0.2) is 0 Å². The highest BCUT2D eigenvalue weighted by Gasteiger charge is 2.21. The van der Waals surface area contributed by atoms with Crippen molar-refractivity contribution in [3.05, 3.63) is 29.3 Å². The van der Waals surface area contributed by atoms with Gasteiger partial charge in [-0.2, -0.15) is 0 Å². The standard InChI is InChI=1S/C18H31N2OP/c1-18(2,3)16-11-15(12-17(13-16)22(5,6)21)14-20-9-7-19(4)8-10-20/h11-13H,7-10,14H2,1-6H3. The minimum atomic E-state index is -2.23. The van der Waals surface area contributed by atoms with E-state index in [1.165, 1.54) is 11.1 Å². The molecule has 0 unspecified atom stereocenters. The van der Waals surface area contributed by atoms with Crippen molar-refractivity contribution in [3.8, 4) is 0 Å². The molecule has 1 saturated heterocycles. The zero-order valence-electron chi connectivity index (χ0n) is 15.0. The maximum atomic E-state index is 12.6. The van der Waals surface area contributed by atoms with E-state index in [9.17, 15) is 4.57 Å². The maximum absolute atomic E-state index is 12.6. The van der Waals surface area contributed by atoms with Crippen LogP contribution >= 0.6 is 7.14 Å². The fourth-order valence-corrected chi connectivity index (χ4v) is 3.70. The van der Waals surface area contributed by atoms with Crippen molar-refractivity contribution in [2.75, 3.05) is 46.6 Å². The van der Waals surface area contributed by atoms with Gasteiger partial charge in [0.1, 0.15) is 7.14 Å². The number of hydrogen-bond acceptors (Lipinski definition) is 3. The van der Waals surface area contributed by atoms with Crippen LogP contribution < -0.4 is 5.30 Å². The summed E-state index contributed by atoms with van der Waals surface area (Å²) in [5.74, 6) is 0. The zero-order valence-corrected chi connectivity index (χ0v) is 15.9. The topological polar surface area (TPSA) is 23.6 Å².